The van der Waals surface area contributed by atoms with Gasteiger partial charge in [-0.3, -0.25) is 4.79 Å². The van der Waals surface area contributed by atoms with E-state index in [0.717, 1.165) is 37.3 Å². The zero-order chi connectivity index (χ0) is 13.9. The number of piperidine rings is 1. The number of nitrogens with zero attached hydrogens (tertiary/aromatic N) is 4. The minimum atomic E-state index is 0.169. The fraction of sp³-hybridized carbons (Fsp3) is 0.500. The van der Waals surface area contributed by atoms with Crippen LogP contribution in [0.1, 0.15) is 30.1 Å². The van der Waals surface area contributed by atoms with Gasteiger partial charge in [0.2, 0.25) is 5.91 Å². The first-order valence-electron chi connectivity index (χ1n) is 6.87. The Labute approximate surface area is 117 Å². The summed E-state index contributed by atoms with van der Waals surface area (Å²) in [7, 11) is 1.96. The van der Waals surface area contributed by atoms with Crippen molar-refractivity contribution < 1.29 is 9.21 Å². The summed E-state index contributed by atoms with van der Waals surface area (Å²) >= 11 is 0. The molecule has 0 aromatic carbocycles. The van der Waals surface area contributed by atoms with Crippen LogP contribution in [0.3, 0.4) is 0 Å². The monoisotopic (exact) mass is 274 g/mol. The zero-order valence-corrected chi connectivity index (χ0v) is 11.5. The summed E-state index contributed by atoms with van der Waals surface area (Å²) in [4.78, 5) is 14.1. The van der Waals surface area contributed by atoms with Gasteiger partial charge in [-0.2, -0.15) is 0 Å². The fourth-order valence-corrected chi connectivity index (χ4v) is 2.73. The highest BCUT2D eigenvalue weighted by molar-refractivity contribution is 5.78. The molecule has 20 heavy (non-hydrogen) atoms. The number of carbonyl (C=O) groups is 1. The molecule has 3 heterocycles. The van der Waals surface area contributed by atoms with E-state index < -0.39 is 0 Å². The van der Waals surface area contributed by atoms with Gasteiger partial charge in [-0.15, -0.1) is 10.2 Å². The molecule has 2 aromatic heterocycles. The third kappa shape index (κ3) is 2.59. The molecular weight excluding hydrogens is 256 g/mol. The van der Waals surface area contributed by atoms with Gasteiger partial charge in [0.15, 0.2) is 0 Å². The highest BCUT2D eigenvalue weighted by Gasteiger charge is 2.26. The zero-order valence-electron chi connectivity index (χ0n) is 11.5. The maximum absolute atomic E-state index is 12.2. The van der Waals surface area contributed by atoms with Gasteiger partial charge in [-0.1, -0.05) is 0 Å². The number of likely N-dealkylation sites (tertiary alicyclic amines) is 1. The van der Waals surface area contributed by atoms with E-state index >= 15 is 0 Å². The Morgan fingerprint density at radius 2 is 2.25 bits per heavy atom. The Hall–Kier alpha value is -2.11. The van der Waals surface area contributed by atoms with E-state index in [9.17, 15) is 4.79 Å². The first-order chi connectivity index (χ1) is 9.74. The summed E-state index contributed by atoms with van der Waals surface area (Å²) in [6.07, 6.45) is 7.28. The van der Waals surface area contributed by atoms with Crippen LogP contribution in [-0.4, -0.2) is 38.7 Å². The number of carbonyl (C=O) groups excluding carboxylic acids is 1. The molecule has 0 spiro atoms. The van der Waals surface area contributed by atoms with Gasteiger partial charge in [0.1, 0.15) is 12.2 Å². The van der Waals surface area contributed by atoms with E-state index in [0.29, 0.717) is 12.3 Å². The second kappa shape index (κ2) is 5.48. The lowest BCUT2D eigenvalue weighted by molar-refractivity contribution is -0.131. The average molecular weight is 274 g/mol. The predicted octanol–water partition coefficient (Wildman–Crippen LogP) is 1.36. The summed E-state index contributed by atoms with van der Waals surface area (Å²) in [5, 5.41) is 8.09. The lowest BCUT2D eigenvalue weighted by atomic mass is 9.95. The summed E-state index contributed by atoms with van der Waals surface area (Å²) in [6, 6.07) is 1.84. The largest absolute Gasteiger partial charge is 0.472 e. The van der Waals surface area contributed by atoms with Gasteiger partial charge in [0, 0.05) is 26.1 Å². The topological polar surface area (TPSA) is 64.2 Å². The number of aryl methyl sites for hydroxylation is 1. The molecule has 0 saturated carbocycles. The van der Waals surface area contributed by atoms with Crippen LogP contribution in [0.25, 0.3) is 0 Å². The van der Waals surface area contributed by atoms with E-state index in [1.54, 1.807) is 18.9 Å². The molecule has 3 rings (SSSR count). The van der Waals surface area contributed by atoms with Crippen molar-refractivity contribution in [2.75, 3.05) is 13.1 Å². The van der Waals surface area contributed by atoms with Crippen LogP contribution in [-0.2, 0) is 18.3 Å². The fourth-order valence-electron chi connectivity index (χ4n) is 2.73. The molecule has 0 radical (unpaired) electrons. The second-order valence-electron chi connectivity index (χ2n) is 5.26. The Morgan fingerprint density at radius 1 is 1.45 bits per heavy atom. The van der Waals surface area contributed by atoms with Crippen molar-refractivity contribution in [3.8, 4) is 0 Å². The summed E-state index contributed by atoms with van der Waals surface area (Å²) in [6.45, 7) is 1.57. The maximum Gasteiger partial charge on any atom is 0.227 e. The SMILES string of the molecule is Cn1cnnc1C1CCN(C(=O)Cc2ccoc2)CC1. The van der Waals surface area contributed by atoms with E-state index in [2.05, 4.69) is 10.2 Å². The van der Waals surface area contributed by atoms with E-state index in [1.807, 2.05) is 22.6 Å². The number of rotatable bonds is 3. The van der Waals surface area contributed by atoms with Crippen LogP contribution < -0.4 is 0 Å². The van der Waals surface area contributed by atoms with Crippen LogP contribution in [0.4, 0.5) is 0 Å². The number of hydrogen-bond acceptors (Lipinski definition) is 4. The van der Waals surface area contributed by atoms with E-state index in [1.165, 1.54) is 0 Å². The lowest BCUT2D eigenvalue weighted by Crippen LogP contribution is -2.39. The molecule has 6 nitrogen and oxygen atoms in total. The van der Waals surface area contributed by atoms with Crippen molar-refractivity contribution in [1.82, 2.24) is 19.7 Å². The molecule has 0 aliphatic carbocycles. The minimum Gasteiger partial charge on any atom is -0.472 e. The van der Waals surface area contributed by atoms with E-state index in [-0.39, 0.29) is 5.91 Å². The Bertz CT molecular complexity index is 568. The molecule has 1 aliphatic rings. The van der Waals surface area contributed by atoms with Crippen molar-refractivity contribution in [1.29, 1.82) is 0 Å². The van der Waals surface area contributed by atoms with Crippen molar-refractivity contribution in [2.45, 2.75) is 25.2 Å². The van der Waals surface area contributed by atoms with E-state index in [4.69, 9.17) is 4.42 Å². The summed E-state index contributed by atoms with van der Waals surface area (Å²) < 4.78 is 6.96. The molecule has 0 atom stereocenters. The average Bonchev–Trinajstić information content (AvgIpc) is 3.10. The number of furan rings is 1. The predicted molar refractivity (Wildman–Crippen MR) is 72.0 cm³/mol. The molecule has 106 valence electrons. The highest BCUT2D eigenvalue weighted by atomic mass is 16.3. The molecular formula is C14H18N4O2. The van der Waals surface area contributed by atoms with Crippen molar-refractivity contribution in [3.05, 3.63) is 36.3 Å². The molecule has 6 heteroatoms. The van der Waals surface area contributed by atoms with Gasteiger partial charge >= 0.3 is 0 Å². The molecule has 2 aromatic rings. The molecule has 0 N–H and O–H groups in total. The van der Waals surface area contributed by atoms with Gasteiger partial charge in [-0.05, 0) is 24.5 Å². The molecule has 0 bridgehead atoms. The van der Waals surface area contributed by atoms with Crippen molar-refractivity contribution in [3.63, 3.8) is 0 Å². The third-order valence-electron chi connectivity index (χ3n) is 3.89. The quantitative estimate of drug-likeness (QED) is 0.847. The molecule has 0 unspecified atom stereocenters. The van der Waals surface area contributed by atoms with Gasteiger partial charge < -0.3 is 13.9 Å². The number of amides is 1. The summed E-state index contributed by atoms with van der Waals surface area (Å²) in [5.41, 5.74) is 0.936. The normalized spacial score (nSPS) is 16.6. The smallest absolute Gasteiger partial charge is 0.227 e. The molecule has 1 saturated heterocycles. The van der Waals surface area contributed by atoms with Crippen LogP contribution in [0.2, 0.25) is 0 Å². The second-order valence-corrected chi connectivity index (χ2v) is 5.26. The van der Waals surface area contributed by atoms with Crippen LogP contribution in [0.5, 0.6) is 0 Å². The van der Waals surface area contributed by atoms with Crippen LogP contribution in [0.15, 0.2) is 29.3 Å². The Kier molecular flexibility index (Phi) is 3.54. The first kappa shape index (κ1) is 12.9. The number of aromatic nitrogens is 3. The third-order valence-corrected chi connectivity index (χ3v) is 3.89. The maximum atomic E-state index is 12.2. The Balaban J connectivity index is 1.56. The summed E-state index contributed by atoms with van der Waals surface area (Å²) in [5.74, 6) is 1.59. The van der Waals surface area contributed by atoms with Crippen LogP contribution in [0, 0.1) is 0 Å². The Morgan fingerprint density at radius 3 is 2.85 bits per heavy atom. The molecule has 1 fully saturated rings. The van der Waals surface area contributed by atoms with Crippen molar-refractivity contribution in [2.24, 2.45) is 7.05 Å². The molecule has 1 aliphatic heterocycles. The number of hydrogen-bond donors (Lipinski definition) is 0. The highest BCUT2D eigenvalue weighted by Crippen LogP contribution is 2.26. The van der Waals surface area contributed by atoms with Gasteiger partial charge in [0.25, 0.3) is 0 Å². The lowest BCUT2D eigenvalue weighted by Gasteiger charge is -2.31. The van der Waals surface area contributed by atoms with Gasteiger partial charge in [0.05, 0.1) is 18.9 Å². The van der Waals surface area contributed by atoms with Crippen LogP contribution >= 0.6 is 0 Å². The minimum absolute atomic E-state index is 0.169. The van der Waals surface area contributed by atoms with Gasteiger partial charge in [-0.25, -0.2) is 0 Å². The standard InChI is InChI=1S/C14H18N4O2/c1-17-10-15-16-14(17)12-2-5-18(6-3-12)13(19)8-11-4-7-20-9-11/h4,7,9-10,12H,2-3,5-6,8H2,1H3. The first-order valence-corrected chi connectivity index (χ1v) is 6.87. The van der Waals surface area contributed by atoms with Crippen molar-refractivity contribution >= 4 is 5.91 Å². The molecule has 1 amide bonds.